The lowest BCUT2D eigenvalue weighted by Crippen LogP contribution is -2.44. The molecule has 1 atom stereocenters. The lowest BCUT2D eigenvalue weighted by atomic mass is 10.1. The van der Waals surface area contributed by atoms with E-state index in [0.717, 1.165) is 27.8 Å². The van der Waals surface area contributed by atoms with Crippen molar-refractivity contribution in [1.29, 1.82) is 0 Å². The quantitative estimate of drug-likeness (QED) is 0.205. The zero-order valence-corrected chi connectivity index (χ0v) is 23.6. The first-order chi connectivity index (χ1) is 19.2. The molecule has 2 fully saturated rings. The summed E-state index contributed by atoms with van der Waals surface area (Å²) in [5, 5.41) is 2.67. The number of carbonyl (C=O) groups excluding carboxylic acids is 5. The number of anilines is 1. The van der Waals surface area contributed by atoms with Gasteiger partial charge < -0.3 is 10.1 Å². The first-order valence-corrected chi connectivity index (χ1v) is 13.8. The van der Waals surface area contributed by atoms with Gasteiger partial charge in [0.15, 0.2) is 0 Å². The first-order valence-electron chi connectivity index (χ1n) is 12.6. The number of allylic oxidation sites excluding steroid dienone is 2. The molecule has 2 saturated heterocycles. The standard InChI is InChI=1S/C29H27N3O6S2/c1-3-38-28(37)20-9-11-21(12-10-20)30-24(33)13-14-31-25(34)17-22(26(31)35)32-27(36)23(40-29(32)39)16-18(2)15-19-7-5-4-6-8-19/h4-12,15-16,22H,3,13-14,17H2,1-2H3,(H,30,33)/b18-15+,23-16-. The summed E-state index contributed by atoms with van der Waals surface area (Å²) in [4.78, 5) is 65.8. The number of thioether (sulfide) groups is 1. The zero-order chi connectivity index (χ0) is 28.8. The van der Waals surface area contributed by atoms with Crippen molar-refractivity contribution in [3.05, 3.63) is 82.3 Å². The first kappa shape index (κ1) is 28.9. The predicted octanol–water partition coefficient (Wildman–Crippen LogP) is 4.17. The Labute approximate surface area is 241 Å². The summed E-state index contributed by atoms with van der Waals surface area (Å²) in [7, 11) is 0. The largest absolute Gasteiger partial charge is 0.462 e. The van der Waals surface area contributed by atoms with Gasteiger partial charge in [0.05, 0.1) is 23.5 Å². The van der Waals surface area contributed by atoms with Crippen LogP contribution in [0.3, 0.4) is 0 Å². The highest BCUT2D eigenvalue weighted by Gasteiger charge is 2.48. The van der Waals surface area contributed by atoms with Crippen LogP contribution in [0, 0.1) is 0 Å². The molecule has 0 aliphatic carbocycles. The number of carbonyl (C=O) groups is 5. The van der Waals surface area contributed by atoms with Crippen LogP contribution in [0.25, 0.3) is 6.08 Å². The Morgan fingerprint density at radius 1 is 1.10 bits per heavy atom. The second kappa shape index (κ2) is 12.8. The Morgan fingerprint density at radius 2 is 1.80 bits per heavy atom. The van der Waals surface area contributed by atoms with Gasteiger partial charge in [-0.05, 0) is 55.3 Å². The van der Waals surface area contributed by atoms with E-state index in [1.807, 2.05) is 43.3 Å². The van der Waals surface area contributed by atoms with E-state index in [-0.39, 0.29) is 30.3 Å². The molecule has 1 N–H and O–H groups in total. The summed E-state index contributed by atoms with van der Waals surface area (Å²) in [6, 6.07) is 14.8. The summed E-state index contributed by atoms with van der Waals surface area (Å²) in [5.41, 5.74) is 2.63. The number of thiocarbonyl (C=S) groups is 1. The molecule has 1 unspecified atom stereocenters. The molecule has 0 spiro atoms. The minimum absolute atomic E-state index is 0.133. The minimum atomic E-state index is -1.04. The molecular formula is C29H27N3O6S2. The van der Waals surface area contributed by atoms with E-state index in [1.54, 1.807) is 25.1 Å². The van der Waals surface area contributed by atoms with Crippen molar-refractivity contribution in [1.82, 2.24) is 9.80 Å². The summed E-state index contributed by atoms with van der Waals surface area (Å²) in [6.45, 7) is 3.70. The fourth-order valence-electron chi connectivity index (χ4n) is 4.25. The summed E-state index contributed by atoms with van der Waals surface area (Å²) < 4.78 is 5.14. The summed E-state index contributed by atoms with van der Waals surface area (Å²) >= 11 is 6.49. The van der Waals surface area contributed by atoms with Crippen molar-refractivity contribution in [3.8, 4) is 0 Å². The average molecular weight is 578 g/mol. The number of nitrogens with one attached hydrogen (secondary N) is 1. The van der Waals surface area contributed by atoms with Crippen molar-refractivity contribution in [2.75, 3.05) is 18.5 Å². The van der Waals surface area contributed by atoms with Crippen LogP contribution in [0.15, 0.2) is 71.2 Å². The molecule has 0 saturated carbocycles. The molecule has 0 aromatic heterocycles. The van der Waals surface area contributed by atoms with Gasteiger partial charge in [0.2, 0.25) is 11.8 Å². The third kappa shape index (κ3) is 6.72. The molecule has 2 aromatic carbocycles. The van der Waals surface area contributed by atoms with Crippen LogP contribution in [-0.2, 0) is 23.9 Å². The van der Waals surface area contributed by atoms with Crippen LogP contribution in [0.4, 0.5) is 5.69 Å². The van der Waals surface area contributed by atoms with Crippen LogP contribution in [0.1, 0.15) is 42.6 Å². The number of benzene rings is 2. The van der Waals surface area contributed by atoms with E-state index >= 15 is 0 Å². The van der Waals surface area contributed by atoms with Gasteiger partial charge in [0.1, 0.15) is 10.4 Å². The van der Waals surface area contributed by atoms with Gasteiger partial charge in [-0.25, -0.2) is 4.79 Å². The number of esters is 1. The van der Waals surface area contributed by atoms with Gasteiger partial charge in [-0.2, -0.15) is 0 Å². The Balaban J connectivity index is 1.35. The molecule has 206 valence electrons. The van der Waals surface area contributed by atoms with Crippen LogP contribution in [-0.4, -0.2) is 62.9 Å². The number of rotatable bonds is 9. The molecule has 2 heterocycles. The van der Waals surface area contributed by atoms with Gasteiger partial charge in [-0.3, -0.25) is 29.0 Å². The van der Waals surface area contributed by atoms with E-state index in [1.165, 1.54) is 17.0 Å². The number of ether oxygens (including phenoxy) is 1. The number of nitrogens with zero attached hydrogens (tertiary/aromatic N) is 2. The Bertz CT molecular complexity index is 1420. The highest BCUT2D eigenvalue weighted by molar-refractivity contribution is 8.26. The number of likely N-dealkylation sites (tertiary alicyclic amines) is 1. The maximum absolute atomic E-state index is 13.2. The fraction of sp³-hybridized carbons (Fsp3) is 0.241. The lowest BCUT2D eigenvalue weighted by Gasteiger charge is -2.21. The van der Waals surface area contributed by atoms with Crippen molar-refractivity contribution in [2.45, 2.75) is 32.7 Å². The smallest absolute Gasteiger partial charge is 0.338 e. The SMILES string of the molecule is CCOC(=O)c1ccc(NC(=O)CCN2C(=O)CC(N3C(=O)/C(=C/C(C)=C/c4ccccc4)SC3=S)C2=O)cc1. The number of imide groups is 1. The molecule has 4 rings (SSSR count). The van der Waals surface area contributed by atoms with Crippen molar-refractivity contribution < 1.29 is 28.7 Å². The van der Waals surface area contributed by atoms with Crippen LogP contribution < -0.4 is 5.32 Å². The molecule has 2 aliphatic rings. The van der Waals surface area contributed by atoms with E-state index in [4.69, 9.17) is 17.0 Å². The maximum atomic E-state index is 13.2. The zero-order valence-electron chi connectivity index (χ0n) is 21.9. The van der Waals surface area contributed by atoms with Crippen LogP contribution in [0.2, 0.25) is 0 Å². The van der Waals surface area contributed by atoms with Gasteiger partial charge in [-0.1, -0.05) is 60.4 Å². The molecule has 2 aromatic rings. The monoisotopic (exact) mass is 577 g/mol. The van der Waals surface area contributed by atoms with Gasteiger partial charge in [0, 0.05) is 18.7 Å². The average Bonchev–Trinajstić information content (AvgIpc) is 3.35. The van der Waals surface area contributed by atoms with Gasteiger partial charge >= 0.3 is 5.97 Å². The Morgan fingerprint density at radius 3 is 2.48 bits per heavy atom. The number of amides is 4. The van der Waals surface area contributed by atoms with Crippen LogP contribution in [0.5, 0.6) is 0 Å². The third-order valence-electron chi connectivity index (χ3n) is 6.15. The van der Waals surface area contributed by atoms with Crippen LogP contribution >= 0.6 is 24.0 Å². The minimum Gasteiger partial charge on any atom is -0.462 e. The predicted molar refractivity (Wildman–Crippen MR) is 156 cm³/mol. The van der Waals surface area contributed by atoms with E-state index in [9.17, 15) is 24.0 Å². The highest BCUT2D eigenvalue weighted by Crippen LogP contribution is 2.36. The van der Waals surface area contributed by atoms with E-state index < -0.39 is 35.6 Å². The molecule has 11 heteroatoms. The fourth-order valence-corrected chi connectivity index (χ4v) is 5.66. The topological polar surface area (TPSA) is 113 Å². The summed E-state index contributed by atoms with van der Waals surface area (Å²) in [6.07, 6.45) is 3.31. The lowest BCUT2D eigenvalue weighted by molar-refractivity contribution is -0.141. The Hall–Kier alpha value is -4.09. The maximum Gasteiger partial charge on any atom is 0.338 e. The van der Waals surface area contributed by atoms with Gasteiger partial charge in [0.25, 0.3) is 11.8 Å². The Kier molecular flexibility index (Phi) is 9.28. The highest BCUT2D eigenvalue weighted by atomic mass is 32.2. The third-order valence-corrected chi connectivity index (χ3v) is 7.48. The van der Waals surface area contributed by atoms with Crippen molar-refractivity contribution in [3.63, 3.8) is 0 Å². The molecule has 0 bridgehead atoms. The summed E-state index contributed by atoms with van der Waals surface area (Å²) in [5.74, 6) is -2.34. The molecular weight excluding hydrogens is 550 g/mol. The van der Waals surface area contributed by atoms with Gasteiger partial charge in [-0.15, -0.1) is 0 Å². The second-order valence-electron chi connectivity index (χ2n) is 9.05. The van der Waals surface area contributed by atoms with E-state index in [0.29, 0.717) is 16.2 Å². The number of hydrogen-bond acceptors (Lipinski definition) is 8. The molecule has 9 nitrogen and oxygen atoms in total. The van der Waals surface area contributed by atoms with Crippen molar-refractivity contribution >= 4 is 69.7 Å². The van der Waals surface area contributed by atoms with E-state index in [2.05, 4.69) is 5.32 Å². The molecule has 0 radical (unpaired) electrons. The normalized spacial score (nSPS) is 18.6. The second-order valence-corrected chi connectivity index (χ2v) is 10.7. The molecule has 4 amide bonds. The molecule has 40 heavy (non-hydrogen) atoms. The number of hydrogen-bond donors (Lipinski definition) is 1. The molecule has 2 aliphatic heterocycles. The van der Waals surface area contributed by atoms with Crippen molar-refractivity contribution in [2.24, 2.45) is 0 Å².